The Bertz CT molecular complexity index is 1320. The first kappa shape index (κ1) is 67.8. The topological polar surface area (TPSA) is 78.9 Å². The molecule has 6 heteroatoms. The van der Waals surface area contributed by atoms with Crippen LogP contribution in [0.5, 0.6) is 0 Å². The highest BCUT2D eigenvalue weighted by Gasteiger charge is 2.19. The lowest BCUT2D eigenvalue weighted by Gasteiger charge is -2.18. The van der Waals surface area contributed by atoms with E-state index in [9.17, 15) is 14.4 Å². The molecule has 0 spiro atoms. The second-order valence-corrected chi connectivity index (χ2v) is 20.2. The van der Waals surface area contributed by atoms with Gasteiger partial charge in [0, 0.05) is 19.3 Å². The number of esters is 3. The van der Waals surface area contributed by atoms with E-state index in [0.29, 0.717) is 19.3 Å². The molecule has 0 aliphatic rings. The van der Waals surface area contributed by atoms with E-state index in [1.165, 1.54) is 167 Å². The molecular formula is C65H114O6. The van der Waals surface area contributed by atoms with E-state index >= 15 is 0 Å². The summed E-state index contributed by atoms with van der Waals surface area (Å²) < 4.78 is 16.9. The van der Waals surface area contributed by atoms with Crippen LogP contribution in [0.2, 0.25) is 0 Å². The Kier molecular flexibility index (Phi) is 56.8. The van der Waals surface area contributed by atoms with Crippen LogP contribution < -0.4 is 0 Å². The Hall–Kier alpha value is -3.15. The van der Waals surface area contributed by atoms with Crippen molar-refractivity contribution < 1.29 is 28.6 Å². The van der Waals surface area contributed by atoms with E-state index in [4.69, 9.17) is 14.2 Å². The molecule has 0 aromatic carbocycles. The van der Waals surface area contributed by atoms with Gasteiger partial charge in [-0.15, -0.1) is 0 Å². The van der Waals surface area contributed by atoms with Gasteiger partial charge in [0.1, 0.15) is 13.2 Å². The van der Waals surface area contributed by atoms with Crippen LogP contribution >= 0.6 is 0 Å². The fraction of sp³-hybridized carbons (Fsp3) is 0.769. The molecule has 0 saturated carbocycles. The Labute approximate surface area is 440 Å². The van der Waals surface area contributed by atoms with E-state index in [-0.39, 0.29) is 31.1 Å². The second kappa shape index (κ2) is 59.4. The van der Waals surface area contributed by atoms with Crippen LogP contribution in [0.25, 0.3) is 0 Å². The maximum absolute atomic E-state index is 12.9. The number of unbranched alkanes of at least 4 members (excludes halogenated alkanes) is 32. The van der Waals surface area contributed by atoms with Crippen molar-refractivity contribution in [3.05, 3.63) is 72.9 Å². The van der Waals surface area contributed by atoms with Crippen LogP contribution in [-0.4, -0.2) is 37.2 Å². The number of rotatable bonds is 55. The van der Waals surface area contributed by atoms with Crippen molar-refractivity contribution >= 4 is 17.9 Å². The molecular weight excluding hydrogens is 877 g/mol. The van der Waals surface area contributed by atoms with Gasteiger partial charge in [-0.25, -0.2) is 0 Å². The molecule has 0 aromatic heterocycles. The second-order valence-electron chi connectivity index (χ2n) is 20.2. The van der Waals surface area contributed by atoms with Gasteiger partial charge in [0.2, 0.25) is 0 Å². The summed E-state index contributed by atoms with van der Waals surface area (Å²) in [6.45, 7) is 6.59. The summed E-state index contributed by atoms with van der Waals surface area (Å²) in [5.74, 6) is -0.907. The number of carbonyl (C=O) groups is 3. The molecule has 0 rings (SSSR count). The summed E-state index contributed by atoms with van der Waals surface area (Å²) in [6, 6.07) is 0. The van der Waals surface area contributed by atoms with E-state index in [2.05, 4.69) is 93.7 Å². The van der Waals surface area contributed by atoms with Gasteiger partial charge in [-0.1, -0.05) is 241 Å². The average Bonchev–Trinajstić information content (AvgIpc) is 3.37. The smallest absolute Gasteiger partial charge is 0.306 e. The molecule has 0 heterocycles. The summed E-state index contributed by atoms with van der Waals surface area (Å²) >= 11 is 0. The van der Waals surface area contributed by atoms with Crippen molar-refractivity contribution in [1.82, 2.24) is 0 Å². The molecule has 0 saturated heterocycles. The predicted octanol–water partition coefficient (Wildman–Crippen LogP) is 20.5. The monoisotopic (exact) mass is 991 g/mol. The predicted molar refractivity (Wildman–Crippen MR) is 307 cm³/mol. The Morgan fingerprint density at radius 1 is 0.282 bits per heavy atom. The fourth-order valence-electron chi connectivity index (χ4n) is 8.53. The maximum atomic E-state index is 12.9. The van der Waals surface area contributed by atoms with Crippen molar-refractivity contribution in [3.63, 3.8) is 0 Å². The Morgan fingerprint density at radius 3 is 0.831 bits per heavy atom. The highest BCUT2D eigenvalue weighted by atomic mass is 16.6. The number of ether oxygens (including phenoxy) is 3. The van der Waals surface area contributed by atoms with Gasteiger partial charge >= 0.3 is 17.9 Å². The first-order valence-corrected chi connectivity index (χ1v) is 30.4. The number of allylic oxidation sites excluding steroid dienone is 12. The zero-order chi connectivity index (χ0) is 51.4. The Balaban J connectivity index is 4.42. The summed E-state index contributed by atoms with van der Waals surface area (Å²) in [6.07, 6.45) is 76.0. The lowest BCUT2D eigenvalue weighted by atomic mass is 10.1. The van der Waals surface area contributed by atoms with Crippen LogP contribution in [0.15, 0.2) is 72.9 Å². The van der Waals surface area contributed by atoms with Crippen molar-refractivity contribution in [1.29, 1.82) is 0 Å². The van der Waals surface area contributed by atoms with E-state index in [1.54, 1.807) is 0 Å². The van der Waals surface area contributed by atoms with Gasteiger partial charge in [-0.3, -0.25) is 14.4 Å². The number of hydrogen-bond acceptors (Lipinski definition) is 6. The molecule has 0 aliphatic carbocycles. The van der Waals surface area contributed by atoms with Gasteiger partial charge in [0.05, 0.1) is 0 Å². The summed E-state index contributed by atoms with van der Waals surface area (Å²) in [7, 11) is 0. The van der Waals surface area contributed by atoms with Crippen molar-refractivity contribution in [3.8, 4) is 0 Å². The molecule has 0 amide bonds. The first-order chi connectivity index (χ1) is 35.0. The van der Waals surface area contributed by atoms with E-state index in [0.717, 1.165) is 96.3 Å². The van der Waals surface area contributed by atoms with Crippen LogP contribution in [0.3, 0.4) is 0 Å². The van der Waals surface area contributed by atoms with Crippen LogP contribution in [0.1, 0.15) is 303 Å². The molecule has 0 fully saturated rings. The molecule has 0 radical (unpaired) electrons. The van der Waals surface area contributed by atoms with Crippen LogP contribution in [0.4, 0.5) is 0 Å². The average molecular weight is 992 g/mol. The van der Waals surface area contributed by atoms with Gasteiger partial charge in [0.25, 0.3) is 0 Å². The van der Waals surface area contributed by atoms with Gasteiger partial charge in [0.15, 0.2) is 6.10 Å². The zero-order valence-electron chi connectivity index (χ0n) is 47.0. The normalized spacial score (nSPS) is 12.5. The molecule has 410 valence electrons. The largest absolute Gasteiger partial charge is 0.462 e. The summed E-state index contributed by atoms with van der Waals surface area (Å²) in [5, 5.41) is 0. The third-order valence-electron chi connectivity index (χ3n) is 13.2. The third-order valence-corrected chi connectivity index (χ3v) is 13.2. The molecule has 0 bridgehead atoms. The minimum absolute atomic E-state index is 0.0879. The van der Waals surface area contributed by atoms with E-state index in [1.807, 2.05) is 0 Å². The third kappa shape index (κ3) is 57.6. The SMILES string of the molecule is CCCCC/C=C\C/C=C\C/C=C\CCCCCCCCC(=O)OC[C@@H](COC(=O)CCCCCCC/C=C\C/C=C\CCCCC)OC(=O)CCCCCCCCC/C=C\CCCCCCCCCC. The lowest BCUT2D eigenvalue weighted by Crippen LogP contribution is -2.30. The van der Waals surface area contributed by atoms with Gasteiger partial charge < -0.3 is 14.2 Å². The van der Waals surface area contributed by atoms with Gasteiger partial charge in [-0.05, 0) is 116 Å². The van der Waals surface area contributed by atoms with Crippen molar-refractivity contribution in [2.45, 2.75) is 309 Å². The Morgan fingerprint density at radius 2 is 0.507 bits per heavy atom. The molecule has 0 aromatic rings. The zero-order valence-corrected chi connectivity index (χ0v) is 47.0. The molecule has 71 heavy (non-hydrogen) atoms. The standard InChI is InChI=1S/C65H114O6/c1-4-7-10-13-16-19-22-25-28-30-32-34-37-40-43-46-49-52-55-58-64(67)70-61-62(60-69-63(66)57-54-51-48-45-42-39-36-27-24-21-18-15-12-9-6-3)71-65(68)59-56-53-50-47-44-41-38-35-33-31-29-26-23-20-17-14-11-8-5-2/h16,18-19,21,25,27-28,31-34,36,62H,4-15,17,20,22-24,26,29-30,35,37-61H2,1-3H3/b19-16-,21-18-,28-25-,33-31-,34-32-,36-27-/t62-/m1/s1. The summed E-state index contributed by atoms with van der Waals surface area (Å²) in [4.78, 5) is 38.2. The highest BCUT2D eigenvalue weighted by Crippen LogP contribution is 2.15. The minimum Gasteiger partial charge on any atom is -0.462 e. The summed E-state index contributed by atoms with van der Waals surface area (Å²) in [5.41, 5.74) is 0. The van der Waals surface area contributed by atoms with Crippen molar-refractivity contribution in [2.24, 2.45) is 0 Å². The fourth-order valence-corrected chi connectivity index (χ4v) is 8.53. The number of hydrogen-bond donors (Lipinski definition) is 0. The first-order valence-electron chi connectivity index (χ1n) is 30.4. The highest BCUT2D eigenvalue weighted by molar-refractivity contribution is 5.71. The van der Waals surface area contributed by atoms with Crippen molar-refractivity contribution in [2.75, 3.05) is 13.2 Å². The molecule has 6 nitrogen and oxygen atoms in total. The maximum Gasteiger partial charge on any atom is 0.306 e. The molecule has 0 aliphatic heterocycles. The van der Waals surface area contributed by atoms with Crippen LogP contribution in [0, 0.1) is 0 Å². The number of carbonyl (C=O) groups excluding carboxylic acids is 3. The minimum atomic E-state index is -0.790. The van der Waals surface area contributed by atoms with Gasteiger partial charge in [-0.2, -0.15) is 0 Å². The molecule has 0 N–H and O–H groups in total. The lowest BCUT2D eigenvalue weighted by molar-refractivity contribution is -0.167. The van der Waals surface area contributed by atoms with E-state index < -0.39 is 6.10 Å². The molecule has 0 unspecified atom stereocenters. The van der Waals surface area contributed by atoms with Crippen LogP contribution in [-0.2, 0) is 28.6 Å². The molecule has 1 atom stereocenters. The quantitative estimate of drug-likeness (QED) is 0.0261.